The summed E-state index contributed by atoms with van der Waals surface area (Å²) in [4.78, 5) is 2.53. The van der Waals surface area contributed by atoms with Crippen LogP contribution in [-0.4, -0.2) is 12.6 Å². The summed E-state index contributed by atoms with van der Waals surface area (Å²) in [7, 11) is 0. The second-order valence-corrected chi connectivity index (χ2v) is 5.96. The zero-order valence-corrected chi connectivity index (χ0v) is 11.3. The number of hydrogen-bond acceptors (Lipinski definition) is 2. The molecule has 0 spiro atoms. The molecule has 0 bridgehead atoms. The zero-order valence-electron chi connectivity index (χ0n) is 9.69. The molecule has 0 N–H and O–H groups in total. The fourth-order valence-electron chi connectivity index (χ4n) is 2.22. The Morgan fingerprint density at radius 2 is 2.06 bits per heavy atom. The zero-order chi connectivity index (χ0) is 11.8. The molecule has 1 aromatic rings. The minimum atomic E-state index is 0.725. The van der Waals surface area contributed by atoms with Gasteiger partial charge in [-0.05, 0) is 65.7 Å². The van der Waals surface area contributed by atoms with Crippen LogP contribution in [0.2, 0.25) is 0 Å². The van der Waals surface area contributed by atoms with Crippen molar-refractivity contribution < 1.29 is 0 Å². The third-order valence-corrected chi connectivity index (χ3v) is 4.16. The lowest BCUT2D eigenvalue weighted by molar-refractivity contribution is 0.717. The summed E-state index contributed by atoms with van der Waals surface area (Å²) >= 11 is 3.60. The van der Waals surface area contributed by atoms with Crippen LogP contribution in [0.15, 0.2) is 22.7 Å². The lowest BCUT2D eigenvalue weighted by atomic mass is 10.2. The van der Waals surface area contributed by atoms with E-state index in [0.29, 0.717) is 0 Å². The van der Waals surface area contributed by atoms with E-state index in [0.717, 1.165) is 22.0 Å². The molecule has 0 unspecified atom stereocenters. The van der Waals surface area contributed by atoms with Gasteiger partial charge in [0.15, 0.2) is 0 Å². The van der Waals surface area contributed by atoms with Crippen molar-refractivity contribution in [3.8, 4) is 6.07 Å². The Kier molecular flexibility index (Phi) is 2.84. The van der Waals surface area contributed by atoms with Gasteiger partial charge in [0.1, 0.15) is 0 Å². The van der Waals surface area contributed by atoms with Crippen LogP contribution < -0.4 is 4.90 Å². The van der Waals surface area contributed by atoms with E-state index in [1.54, 1.807) is 0 Å². The molecule has 2 aliphatic rings. The van der Waals surface area contributed by atoms with E-state index in [9.17, 15) is 0 Å². The number of halogens is 1. The molecule has 2 fully saturated rings. The summed E-state index contributed by atoms with van der Waals surface area (Å²) in [6.07, 6.45) is 5.41. The van der Waals surface area contributed by atoms with Gasteiger partial charge in [-0.25, -0.2) is 0 Å². The Morgan fingerprint density at radius 1 is 1.29 bits per heavy atom. The lowest BCUT2D eigenvalue weighted by Gasteiger charge is -2.26. The van der Waals surface area contributed by atoms with E-state index in [-0.39, 0.29) is 0 Å². The normalized spacial score (nSPS) is 18.8. The first-order chi connectivity index (χ1) is 8.28. The molecule has 17 heavy (non-hydrogen) atoms. The average molecular weight is 291 g/mol. The van der Waals surface area contributed by atoms with Gasteiger partial charge in [-0.15, -0.1) is 0 Å². The van der Waals surface area contributed by atoms with Crippen LogP contribution in [0.1, 0.15) is 31.2 Å². The topological polar surface area (TPSA) is 27.0 Å². The van der Waals surface area contributed by atoms with E-state index in [4.69, 9.17) is 5.26 Å². The van der Waals surface area contributed by atoms with Gasteiger partial charge >= 0.3 is 0 Å². The van der Waals surface area contributed by atoms with Gasteiger partial charge in [-0.1, -0.05) is 0 Å². The summed E-state index contributed by atoms with van der Waals surface area (Å²) in [6, 6.07) is 8.85. The van der Waals surface area contributed by atoms with Crippen LogP contribution in [0.3, 0.4) is 0 Å². The van der Waals surface area contributed by atoms with Crippen molar-refractivity contribution in [3.05, 3.63) is 28.2 Å². The largest absolute Gasteiger partial charge is 0.367 e. The Balaban J connectivity index is 1.86. The molecule has 0 atom stereocenters. The molecule has 2 aliphatic carbocycles. The third kappa shape index (κ3) is 2.47. The highest BCUT2D eigenvalue weighted by molar-refractivity contribution is 9.10. The maximum Gasteiger partial charge on any atom is 0.0992 e. The van der Waals surface area contributed by atoms with Gasteiger partial charge < -0.3 is 4.90 Å². The Bertz CT molecular complexity index is 470. The highest BCUT2D eigenvalue weighted by Crippen LogP contribution is 2.40. The monoisotopic (exact) mass is 290 g/mol. The van der Waals surface area contributed by atoms with Gasteiger partial charge in [0.05, 0.1) is 17.3 Å². The minimum Gasteiger partial charge on any atom is -0.367 e. The number of rotatable bonds is 4. The fourth-order valence-corrected chi connectivity index (χ4v) is 2.82. The molecule has 0 saturated heterocycles. The van der Waals surface area contributed by atoms with Gasteiger partial charge in [0, 0.05) is 17.1 Å². The van der Waals surface area contributed by atoms with Crippen molar-refractivity contribution in [1.82, 2.24) is 0 Å². The molecule has 3 heteroatoms. The smallest absolute Gasteiger partial charge is 0.0992 e. The first kappa shape index (κ1) is 11.1. The predicted molar refractivity (Wildman–Crippen MR) is 71.9 cm³/mol. The van der Waals surface area contributed by atoms with Crippen molar-refractivity contribution in [2.75, 3.05) is 11.4 Å². The van der Waals surface area contributed by atoms with Gasteiger partial charge in [0.25, 0.3) is 0 Å². The van der Waals surface area contributed by atoms with Crippen molar-refractivity contribution in [3.63, 3.8) is 0 Å². The summed E-state index contributed by atoms with van der Waals surface area (Å²) in [6.45, 7) is 1.19. The van der Waals surface area contributed by atoms with Crippen molar-refractivity contribution in [2.24, 2.45) is 5.92 Å². The fraction of sp³-hybridized carbons (Fsp3) is 0.500. The van der Waals surface area contributed by atoms with E-state index in [2.05, 4.69) is 33.0 Å². The van der Waals surface area contributed by atoms with Crippen molar-refractivity contribution in [1.29, 1.82) is 5.26 Å². The van der Waals surface area contributed by atoms with Crippen molar-refractivity contribution >= 4 is 21.6 Å². The van der Waals surface area contributed by atoms with Crippen LogP contribution in [-0.2, 0) is 0 Å². The Morgan fingerprint density at radius 3 is 2.59 bits per heavy atom. The molecule has 0 radical (unpaired) electrons. The SMILES string of the molecule is N#Cc1ccc(N(CC2CC2)C2CC2)c(Br)c1. The van der Waals surface area contributed by atoms with Crippen LogP contribution in [0.4, 0.5) is 5.69 Å². The third-order valence-electron chi connectivity index (χ3n) is 3.53. The number of nitrogens with zero attached hydrogens (tertiary/aromatic N) is 2. The summed E-state index contributed by atoms with van der Waals surface area (Å²) in [5.41, 5.74) is 1.99. The highest BCUT2D eigenvalue weighted by atomic mass is 79.9. The molecular formula is C14H15BrN2. The van der Waals surface area contributed by atoms with E-state index in [1.165, 1.54) is 37.9 Å². The number of anilines is 1. The average Bonchev–Trinajstić information content (AvgIpc) is 3.18. The Hall–Kier alpha value is -1.01. The van der Waals surface area contributed by atoms with E-state index >= 15 is 0 Å². The standard InChI is InChI=1S/C14H15BrN2/c15-13-7-11(8-16)3-6-14(13)17(12-4-5-12)9-10-1-2-10/h3,6-7,10,12H,1-2,4-5,9H2. The van der Waals surface area contributed by atoms with Gasteiger partial charge in [-0.3, -0.25) is 0 Å². The molecule has 2 nitrogen and oxygen atoms in total. The minimum absolute atomic E-state index is 0.725. The molecule has 1 aromatic carbocycles. The maximum atomic E-state index is 8.88. The predicted octanol–water partition coefficient (Wildman–Crippen LogP) is 3.70. The second kappa shape index (κ2) is 4.34. The quantitative estimate of drug-likeness (QED) is 0.845. The molecule has 0 heterocycles. The van der Waals surface area contributed by atoms with Gasteiger partial charge in [0.2, 0.25) is 0 Å². The van der Waals surface area contributed by atoms with Crippen LogP contribution >= 0.6 is 15.9 Å². The van der Waals surface area contributed by atoms with Crippen LogP contribution in [0.25, 0.3) is 0 Å². The first-order valence-electron chi connectivity index (χ1n) is 6.24. The maximum absolute atomic E-state index is 8.88. The lowest BCUT2D eigenvalue weighted by Crippen LogP contribution is -2.28. The molecule has 0 amide bonds. The molecular weight excluding hydrogens is 276 g/mol. The summed E-state index contributed by atoms with van der Waals surface area (Å²) in [5, 5.41) is 8.88. The van der Waals surface area contributed by atoms with Crippen LogP contribution in [0.5, 0.6) is 0 Å². The second-order valence-electron chi connectivity index (χ2n) is 5.10. The first-order valence-corrected chi connectivity index (χ1v) is 7.03. The Labute approximate surface area is 110 Å². The van der Waals surface area contributed by atoms with E-state index in [1.807, 2.05) is 12.1 Å². The summed E-state index contributed by atoms with van der Waals surface area (Å²) in [5.74, 6) is 0.901. The molecule has 0 aromatic heterocycles. The number of hydrogen-bond donors (Lipinski definition) is 0. The van der Waals surface area contributed by atoms with Gasteiger partial charge in [-0.2, -0.15) is 5.26 Å². The number of benzene rings is 1. The molecule has 3 rings (SSSR count). The highest BCUT2D eigenvalue weighted by Gasteiger charge is 2.34. The van der Waals surface area contributed by atoms with Crippen LogP contribution in [0, 0.1) is 17.2 Å². The molecule has 2 saturated carbocycles. The summed E-state index contributed by atoms with van der Waals surface area (Å²) < 4.78 is 1.06. The van der Waals surface area contributed by atoms with Crippen molar-refractivity contribution in [2.45, 2.75) is 31.7 Å². The van der Waals surface area contributed by atoms with E-state index < -0.39 is 0 Å². The molecule has 0 aliphatic heterocycles. The number of nitriles is 1. The molecule has 88 valence electrons.